The van der Waals surface area contributed by atoms with Crippen molar-refractivity contribution in [2.45, 2.75) is 110 Å². The van der Waals surface area contributed by atoms with Gasteiger partial charge in [0.15, 0.2) is 0 Å². The Kier molecular flexibility index (Phi) is 20.2. The summed E-state index contributed by atoms with van der Waals surface area (Å²) in [5.74, 6) is 1.32. The molecular formula is C20H40S. The molecule has 0 aromatic carbocycles. The van der Waals surface area contributed by atoms with E-state index >= 15 is 0 Å². The molecule has 0 bridgehead atoms. The highest BCUT2D eigenvalue weighted by molar-refractivity contribution is 8.02. The molecule has 0 aromatic heterocycles. The number of unbranched alkanes of at least 4 members (excludes halogenated alkanes) is 13. The number of hydrogen-bond acceptors (Lipinski definition) is 1. The van der Waals surface area contributed by atoms with E-state index in [0.717, 1.165) is 0 Å². The van der Waals surface area contributed by atoms with E-state index in [0.29, 0.717) is 0 Å². The monoisotopic (exact) mass is 312 g/mol. The van der Waals surface area contributed by atoms with E-state index in [4.69, 9.17) is 0 Å². The van der Waals surface area contributed by atoms with E-state index in [1.165, 1.54) is 102 Å². The molecule has 0 aliphatic rings. The molecule has 0 spiro atoms. The first-order valence-corrected chi connectivity index (χ1v) is 10.7. The van der Waals surface area contributed by atoms with Crippen LogP contribution in [0.15, 0.2) is 11.5 Å². The van der Waals surface area contributed by atoms with Crippen molar-refractivity contribution in [2.24, 2.45) is 0 Å². The lowest BCUT2D eigenvalue weighted by Gasteiger charge is -2.01. The molecule has 0 heterocycles. The number of hydrogen-bond donors (Lipinski definition) is 0. The summed E-state index contributed by atoms with van der Waals surface area (Å²) in [4.78, 5) is 0. The van der Waals surface area contributed by atoms with Crippen LogP contribution < -0.4 is 0 Å². The van der Waals surface area contributed by atoms with Crippen LogP contribution in [0, 0.1) is 0 Å². The van der Waals surface area contributed by atoms with Gasteiger partial charge < -0.3 is 0 Å². The third kappa shape index (κ3) is 20.1. The first-order chi connectivity index (χ1) is 10.4. The number of rotatable bonds is 17. The Bertz CT molecular complexity index is 198. The summed E-state index contributed by atoms with van der Waals surface area (Å²) < 4.78 is 0. The highest BCUT2D eigenvalue weighted by Crippen LogP contribution is 2.13. The molecule has 0 N–H and O–H groups in total. The quantitative estimate of drug-likeness (QED) is 0.244. The van der Waals surface area contributed by atoms with E-state index in [-0.39, 0.29) is 0 Å². The molecule has 0 aliphatic heterocycles. The van der Waals surface area contributed by atoms with Gasteiger partial charge in [-0.15, -0.1) is 11.8 Å². The Morgan fingerprint density at radius 2 is 1.05 bits per heavy atom. The smallest absolute Gasteiger partial charge is 0.00261 e. The van der Waals surface area contributed by atoms with Gasteiger partial charge in [0.1, 0.15) is 0 Å². The van der Waals surface area contributed by atoms with Crippen molar-refractivity contribution in [1.29, 1.82) is 0 Å². The molecule has 0 atom stereocenters. The normalized spacial score (nSPS) is 11.5. The van der Waals surface area contributed by atoms with Gasteiger partial charge in [0.05, 0.1) is 0 Å². The SMILES string of the molecule is CCCCCC/C=C\SCCCCCCCCCCCC. The Hall–Kier alpha value is 0.0900. The lowest BCUT2D eigenvalue weighted by atomic mass is 10.1. The molecule has 0 saturated carbocycles. The van der Waals surface area contributed by atoms with Crippen LogP contribution in [0.5, 0.6) is 0 Å². The van der Waals surface area contributed by atoms with Crippen molar-refractivity contribution in [3.8, 4) is 0 Å². The standard InChI is InChI=1S/C20H40S/c1-3-5-7-9-11-12-13-14-16-18-20-21-19-17-15-10-8-6-4-2/h17,19H,3-16,18,20H2,1-2H3/b19-17-. The first kappa shape index (κ1) is 21.1. The molecule has 126 valence electrons. The van der Waals surface area contributed by atoms with Crippen LogP contribution >= 0.6 is 11.8 Å². The van der Waals surface area contributed by atoms with Gasteiger partial charge in [-0.25, -0.2) is 0 Å². The van der Waals surface area contributed by atoms with Gasteiger partial charge in [0, 0.05) is 0 Å². The Balaban J connectivity index is 3.00. The molecule has 1 heteroatoms. The zero-order valence-electron chi connectivity index (χ0n) is 14.9. The maximum atomic E-state index is 2.37. The predicted molar refractivity (Wildman–Crippen MR) is 102 cm³/mol. The fourth-order valence-electron chi connectivity index (χ4n) is 2.57. The summed E-state index contributed by atoms with van der Waals surface area (Å²) >= 11 is 2.01. The molecular weight excluding hydrogens is 272 g/mol. The van der Waals surface area contributed by atoms with Crippen LogP contribution in [0.1, 0.15) is 110 Å². The fourth-order valence-corrected chi connectivity index (χ4v) is 3.34. The van der Waals surface area contributed by atoms with Gasteiger partial charge in [-0.05, 0) is 30.4 Å². The summed E-state index contributed by atoms with van der Waals surface area (Å²) in [7, 11) is 0. The molecule has 0 amide bonds. The summed E-state index contributed by atoms with van der Waals surface area (Å²) in [6.07, 6.45) is 23.6. The first-order valence-electron chi connectivity index (χ1n) is 9.68. The molecule has 0 nitrogen and oxygen atoms in total. The van der Waals surface area contributed by atoms with Crippen LogP contribution in [0.2, 0.25) is 0 Å². The van der Waals surface area contributed by atoms with Gasteiger partial charge in [-0.3, -0.25) is 0 Å². The summed E-state index contributed by atoms with van der Waals surface area (Å²) in [6.45, 7) is 4.57. The summed E-state index contributed by atoms with van der Waals surface area (Å²) in [6, 6.07) is 0. The van der Waals surface area contributed by atoms with E-state index in [1.54, 1.807) is 0 Å². The third-order valence-corrected chi connectivity index (χ3v) is 4.94. The van der Waals surface area contributed by atoms with Crippen molar-refractivity contribution in [2.75, 3.05) is 5.75 Å². The zero-order valence-corrected chi connectivity index (χ0v) is 15.7. The average molecular weight is 313 g/mol. The highest BCUT2D eigenvalue weighted by atomic mass is 32.2. The number of thioether (sulfide) groups is 1. The van der Waals surface area contributed by atoms with E-state index in [2.05, 4.69) is 25.3 Å². The molecule has 21 heavy (non-hydrogen) atoms. The van der Waals surface area contributed by atoms with Crippen LogP contribution in [0.3, 0.4) is 0 Å². The highest BCUT2D eigenvalue weighted by Gasteiger charge is 1.92. The zero-order chi connectivity index (χ0) is 15.4. The third-order valence-electron chi connectivity index (χ3n) is 4.03. The second-order valence-electron chi connectivity index (χ2n) is 6.27. The minimum atomic E-state index is 1.28. The lowest BCUT2D eigenvalue weighted by molar-refractivity contribution is 0.563. The molecule has 0 fully saturated rings. The molecule has 0 aromatic rings. The Labute approximate surface area is 139 Å². The van der Waals surface area contributed by atoms with Gasteiger partial charge >= 0.3 is 0 Å². The number of allylic oxidation sites excluding steroid dienone is 1. The minimum Gasteiger partial charge on any atom is -0.134 e. The van der Waals surface area contributed by atoms with Crippen molar-refractivity contribution in [3.63, 3.8) is 0 Å². The second-order valence-corrected chi connectivity index (χ2v) is 7.29. The largest absolute Gasteiger partial charge is 0.134 e. The van der Waals surface area contributed by atoms with Gasteiger partial charge in [-0.1, -0.05) is 97.0 Å². The maximum absolute atomic E-state index is 2.37. The van der Waals surface area contributed by atoms with Crippen LogP contribution in [-0.4, -0.2) is 5.75 Å². The molecule has 0 rings (SSSR count). The van der Waals surface area contributed by atoms with Crippen molar-refractivity contribution in [1.82, 2.24) is 0 Å². The van der Waals surface area contributed by atoms with Crippen molar-refractivity contribution < 1.29 is 0 Å². The van der Waals surface area contributed by atoms with Crippen LogP contribution in [0.25, 0.3) is 0 Å². The second kappa shape index (κ2) is 20.1. The van der Waals surface area contributed by atoms with Crippen molar-refractivity contribution in [3.05, 3.63) is 11.5 Å². The maximum Gasteiger partial charge on any atom is -0.00261 e. The fraction of sp³-hybridized carbons (Fsp3) is 0.900. The van der Waals surface area contributed by atoms with Gasteiger partial charge in [0.2, 0.25) is 0 Å². The van der Waals surface area contributed by atoms with Crippen LogP contribution in [0.4, 0.5) is 0 Å². The Morgan fingerprint density at radius 3 is 1.62 bits per heavy atom. The molecule has 0 aliphatic carbocycles. The minimum absolute atomic E-state index is 1.28. The van der Waals surface area contributed by atoms with Gasteiger partial charge in [-0.2, -0.15) is 0 Å². The average Bonchev–Trinajstić information content (AvgIpc) is 2.50. The Morgan fingerprint density at radius 1 is 0.571 bits per heavy atom. The van der Waals surface area contributed by atoms with Crippen LogP contribution in [-0.2, 0) is 0 Å². The van der Waals surface area contributed by atoms with Gasteiger partial charge in [0.25, 0.3) is 0 Å². The van der Waals surface area contributed by atoms with E-state index in [9.17, 15) is 0 Å². The lowest BCUT2D eigenvalue weighted by Crippen LogP contribution is -1.83. The van der Waals surface area contributed by atoms with Crippen molar-refractivity contribution >= 4 is 11.8 Å². The molecule has 0 saturated heterocycles. The summed E-state index contributed by atoms with van der Waals surface area (Å²) in [5, 5.41) is 2.33. The molecule has 0 unspecified atom stereocenters. The van der Waals surface area contributed by atoms with E-state index < -0.39 is 0 Å². The van der Waals surface area contributed by atoms with E-state index in [1.807, 2.05) is 11.8 Å². The topological polar surface area (TPSA) is 0 Å². The molecule has 0 radical (unpaired) electrons. The summed E-state index contributed by atoms with van der Waals surface area (Å²) in [5.41, 5.74) is 0. The predicted octanol–water partition coefficient (Wildman–Crippen LogP) is 8.12.